The fourth-order valence-electron chi connectivity index (χ4n) is 2.35. The maximum absolute atomic E-state index is 12.3. The van der Waals surface area contributed by atoms with E-state index in [-0.39, 0.29) is 17.3 Å². The van der Waals surface area contributed by atoms with Crippen LogP contribution < -0.4 is 15.8 Å². The highest BCUT2D eigenvalue weighted by atomic mass is 32.2. The molecule has 0 bridgehead atoms. The van der Waals surface area contributed by atoms with E-state index in [0.717, 1.165) is 5.56 Å². The second kappa shape index (κ2) is 7.98. The molecule has 3 rings (SSSR count). The summed E-state index contributed by atoms with van der Waals surface area (Å²) in [5.74, 6) is -0.296. The van der Waals surface area contributed by atoms with E-state index >= 15 is 0 Å². The zero-order valence-corrected chi connectivity index (χ0v) is 15.1. The van der Waals surface area contributed by atoms with Crippen molar-refractivity contribution in [2.75, 3.05) is 11.1 Å². The van der Waals surface area contributed by atoms with Crippen molar-refractivity contribution in [2.24, 2.45) is 0 Å². The number of pyridine rings is 1. The minimum Gasteiger partial charge on any atom is -0.397 e. The predicted molar refractivity (Wildman–Crippen MR) is 104 cm³/mol. The minimum absolute atomic E-state index is 0.0986. The number of sulfonamides is 1. The molecule has 0 spiro atoms. The van der Waals surface area contributed by atoms with Crippen LogP contribution in [0.2, 0.25) is 0 Å². The normalized spacial score (nSPS) is 11.1. The summed E-state index contributed by atoms with van der Waals surface area (Å²) in [6, 6.07) is 16.6. The van der Waals surface area contributed by atoms with Crippen molar-refractivity contribution in [3.63, 3.8) is 0 Å². The Labute approximate surface area is 157 Å². The Balaban J connectivity index is 1.64. The van der Waals surface area contributed by atoms with Crippen LogP contribution in [-0.2, 0) is 16.6 Å². The first-order chi connectivity index (χ1) is 13.0. The summed E-state index contributed by atoms with van der Waals surface area (Å²) in [6.45, 7) is 0.102. The number of nitrogens with two attached hydrogens (primary N) is 1. The number of hydrogen-bond donors (Lipinski definition) is 3. The molecule has 2 aromatic carbocycles. The number of rotatable bonds is 6. The largest absolute Gasteiger partial charge is 0.397 e. The number of carbonyl (C=O) groups excluding carboxylic acids is 1. The van der Waals surface area contributed by atoms with Gasteiger partial charge in [-0.3, -0.25) is 9.78 Å². The lowest BCUT2D eigenvalue weighted by Gasteiger charge is -2.09. The maximum atomic E-state index is 12.3. The molecule has 0 radical (unpaired) electrons. The zero-order chi connectivity index (χ0) is 19.3. The molecule has 8 heteroatoms. The van der Waals surface area contributed by atoms with Gasteiger partial charge in [-0.2, -0.15) is 0 Å². The van der Waals surface area contributed by atoms with E-state index in [1.165, 1.54) is 18.5 Å². The first kappa shape index (κ1) is 18.6. The van der Waals surface area contributed by atoms with Crippen LogP contribution in [0.3, 0.4) is 0 Å². The van der Waals surface area contributed by atoms with Crippen molar-refractivity contribution in [1.29, 1.82) is 0 Å². The standard InChI is InChI=1S/C19H18N4O3S/c20-17-5-1-2-6-18(17)23-19(24)15-9-7-14(8-10-15)12-22-27(25,26)16-4-3-11-21-13-16/h1-11,13,22H,12,20H2,(H,23,24). The van der Waals surface area contributed by atoms with Crippen LogP contribution >= 0.6 is 0 Å². The quantitative estimate of drug-likeness (QED) is 0.567. The summed E-state index contributed by atoms with van der Waals surface area (Å²) in [4.78, 5) is 16.2. The van der Waals surface area contributed by atoms with E-state index in [0.29, 0.717) is 16.9 Å². The summed E-state index contributed by atoms with van der Waals surface area (Å²) < 4.78 is 26.9. The lowest BCUT2D eigenvalue weighted by atomic mass is 10.1. The monoisotopic (exact) mass is 382 g/mol. The highest BCUT2D eigenvalue weighted by molar-refractivity contribution is 7.89. The van der Waals surface area contributed by atoms with Gasteiger partial charge in [0.05, 0.1) is 11.4 Å². The SMILES string of the molecule is Nc1ccccc1NC(=O)c1ccc(CNS(=O)(=O)c2cccnc2)cc1. The molecule has 0 unspecified atom stereocenters. The van der Waals surface area contributed by atoms with Gasteiger partial charge < -0.3 is 11.1 Å². The Hall–Kier alpha value is -3.23. The third kappa shape index (κ3) is 4.69. The number of aromatic nitrogens is 1. The third-order valence-corrected chi connectivity index (χ3v) is 5.22. The lowest BCUT2D eigenvalue weighted by Crippen LogP contribution is -2.23. The van der Waals surface area contributed by atoms with Crippen LogP contribution in [0.1, 0.15) is 15.9 Å². The van der Waals surface area contributed by atoms with Gasteiger partial charge in [0.15, 0.2) is 0 Å². The Morgan fingerprint density at radius 2 is 1.74 bits per heavy atom. The van der Waals surface area contributed by atoms with Crippen molar-refractivity contribution < 1.29 is 13.2 Å². The van der Waals surface area contributed by atoms with E-state index in [9.17, 15) is 13.2 Å². The van der Waals surface area contributed by atoms with Crippen LogP contribution in [0.5, 0.6) is 0 Å². The van der Waals surface area contributed by atoms with Gasteiger partial charge in [0, 0.05) is 24.5 Å². The summed E-state index contributed by atoms with van der Waals surface area (Å²) in [6.07, 6.45) is 2.79. The average Bonchev–Trinajstić information content (AvgIpc) is 2.69. The van der Waals surface area contributed by atoms with Crippen LogP contribution in [-0.4, -0.2) is 19.3 Å². The molecule has 0 saturated carbocycles. The lowest BCUT2D eigenvalue weighted by molar-refractivity contribution is 0.102. The number of hydrogen-bond acceptors (Lipinski definition) is 5. The van der Waals surface area contributed by atoms with E-state index in [2.05, 4.69) is 15.0 Å². The third-order valence-electron chi connectivity index (χ3n) is 3.84. The number of nitrogens with zero attached hydrogens (tertiary/aromatic N) is 1. The number of anilines is 2. The van der Waals surface area contributed by atoms with Gasteiger partial charge in [-0.15, -0.1) is 0 Å². The first-order valence-corrected chi connectivity index (χ1v) is 9.58. The molecule has 3 aromatic rings. The van der Waals surface area contributed by atoms with Crippen molar-refractivity contribution in [3.8, 4) is 0 Å². The fraction of sp³-hybridized carbons (Fsp3) is 0.0526. The number of carbonyl (C=O) groups is 1. The number of benzene rings is 2. The topological polar surface area (TPSA) is 114 Å². The Kier molecular flexibility index (Phi) is 5.49. The van der Waals surface area contributed by atoms with Crippen molar-refractivity contribution >= 4 is 27.3 Å². The van der Waals surface area contributed by atoms with Gasteiger partial charge >= 0.3 is 0 Å². The summed E-state index contributed by atoms with van der Waals surface area (Å²) in [7, 11) is -3.64. The number of amides is 1. The molecule has 1 heterocycles. The molecule has 7 nitrogen and oxygen atoms in total. The van der Waals surface area contributed by atoms with Gasteiger partial charge in [-0.1, -0.05) is 24.3 Å². The Morgan fingerprint density at radius 3 is 2.41 bits per heavy atom. The summed E-state index contributed by atoms with van der Waals surface area (Å²) >= 11 is 0. The van der Waals surface area contributed by atoms with Crippen LogP contribution in [0.4, 0.5) is 11.4 Å². The highest BCUT2D eigenvalue weighted by Gasteiger charge is 2.13. The van der Waals surface area contributed by atoms with E-state index in [4.69, 9.17) is 5.73 Å². The van der Waals surface area contributed by atoms with Gasteiger partial charge in [-0.05, 0) is 42.0 Å². The molecule has 0 aliphatic heterocycles. The van der Waals surface area contributed by atoms with Gasteiger partial charge in [0.25, 0.3) is 5.91 Å². The van der Waals surface area contributed by atoms with Gasteiger partial charge in [0.2, 0.25) is 10.0 Å². The number of nitrogen functional groups attached to an aromatic ring is 1. The number of nitrogens with one attached hydrogen (secondary N) is 2. The van der Waals surface area contributed by atoms with Crippen molar-refractivity contribution in [2.45, 2.75) is 11.4 Å². The van der Waals surface area contributed by atoms with Gasteiger partial charge in [-0.25, -0.2) is 13.1 Å². The zero-order valence-electron chi connectivity index (χ0n) is 14.3. The maximum Gasteiger partial charge on any atom is 0.255 e. The summed E-state index contributed by atoms with van der Waals surface area (Å²) in [5.41, 5.74) is 7.99. The number of para-hydroxylation sites is 2. The highest BCUT2D eigenvalue weighted by Crippen LogP contribution is 2.18. The molecule has 1 aromatic heterocycles. The molecule has 138 valence electrons. The van der Waals surface area contributed by atoms with Gasteiger partial charge in [0.1, 0.15) is 4.90 Å². The molecule has 27 heavy (non-hydrogen) atoms. The molecule has 0 saturated heterocycles. The smallest absolute Gasteiger partial charge is 0.255 e. The Bertz CT molecular complexity index is 1040. The molecule has 4 N–H and O–H groups in total. The average molecular weight is 382 g/mol. The van der Waals surface area contributed by atoms with Crippen LogP contribution in [0.25, 0.3) is 0 Å². The molecule has 1 amide bonds. The van der Waals surface area contributed by atoms with Crippen molar-refractivity contribution in [3.05, 3.63) is 84.2 Å². The predicted octanol–water partition coefficient (Wildman–Crippen LogP) is 2.39. The molecule has 0 aliphatic rings. The van der Waals surface area contributed by atoms with E-state index in [1.54, 1.807) is 54.6 Å². The fourth-order valence-corrected chi connectivity index (χ4v) is 3.33. The minimum atomic E-state index is -3.64. The molecule has 0 fully saturated rings. The molecule has 0 aliphatic carbocycles. The second-order valence-electron chi connectivity index (χ2n) is 5.75. The molecular weight excluding hydrogens is 364 g/mol. The Morgan fingerprint density at radius 1 is 1.00 bits per heavy atom. The van der Waals surface area contributed by atoms with Crippen LogP contribution in [0.15, 0.2) is 78.0 Å². The first-order valence-electron chi connectivity index (χ1n) is 8.10. The van der Waals surface area contributed by atoms with Crippen molar-refractivity contribution in [1.82, 2.24) is 9.71 Å². The molecule has 0 atom stereocenters. The second-order valence-corrected chi connectivity index (χ2v) is 7.52. The van der Waals surface area contributed by atoms with Crippen LogP contribution in [0, 0.1) is 0 Å². The molecular formula is C19H18N4O3S. The van der Waals surface area contributed by atoms with E-state index in [1.807, 2.05) is 0 Å². The summed E-state index contributed by atoms with van der Waals surface area (Å²) in [5, 5.41) is 2.74. The van der Waals surface area contributed by atoms with E-state index < -0.39 is 10.0 Å².